The fourth-order valence-electron chi connectivity index (χ4n) is 6.40. The molecule has 2 aliphatic heterocycles. The van der Waals surface area contributed by atoms with Crippen LogP contribution in [0.1, 0.15) is 59.6 Å². The van der Waals surface area contributed by atoms with Gasteiger partial charge in [-0.2, -0.15) is 0 Å². The van der Waals surface area contributed by atoms with Crippen LogP contribution in [0, 0.1) is 17.3 Å². The Morgan fingerprint density at radius 3 is 2.30 bits per heavy atom. The van der Waals surface area contributed by atoms with E-state index >= 15 is 0 Å². The van der Waals surface area contributed by atoms with Crippen LogP contribution in [-0.2, 0) is 32.0 Å². The lowest BCUT2D eigenvalue weighted by atomic mass is 9.72. The largest absolute Gasteiger partial charge is 0.573 e. The maximum Gasteiger partial charge on any atom is 0.573 e. The molecular formula is C32H31F3N2O6S. The Labute approximate surface area is 256 Å². The Kier molecular flexibility index (Phi) is 7.48. The number of ether oxygens (including phenoxy) is 2. The molecule has 0 unspecified atom stereocenters. The van der Waals surface area contributed by atoms with Crippen LogP contribution in [0.2, 0.25) is 0 Å². The number of fused-ring (bicyclic) bond motifs is 2. The maximum atomic E-state index is 14.3. The molecule has 8 nitrogen and oxygen atoms in total. The fraction of sp³-hybridized carbons (Fsp3) is 0.406. The highest BCUT2D eigenvalue weighted by Crippen LogP contribution is 2.51. The monoisotopic (exact) mass is 628 g/mol. The van der Waals surface area contributed by atoms with Crippen LogP contribution >= 0.6 is 11.3 Å². The van der Waals surface area contributed by atoms with Crippen molar-refractivity contribution < 1.29 is 41.9 Å². The lowest BCUT2D eigenvalue weighted by Crippen LogP contribution is -2.37. The highest BCUT2D eigenvalue weighted by Gasteiger charge is 2.61. The first kappa shape index (κ1) is 30.1. The molecule has 0 N–H and O–H groups in total. The van der Waals surface area contributed by atoms with E-state index in [1.807, 2.05) is 0 Å². The van der Waals surface area contributed by atoms with E-state index in [0.717, 1.165) is 33.9 Å². The van der Waals surface area contributed by atoms with Crippen molar-refractivity contribution in [3.63, 3.8) is 0 Å². The van der Waals surface area contributed by atoms with Crippen LogP contribution in [0.25, 0.3) is 0 Å². The standard InChI is InChI=1S/C32H31F3N2O6S/c1-31(2,3)18-12-15-21-22(16-18)44-29(23(21)30(40)41-4)36-27(38)24-25(17-10-13-20(14-11-17)42-32(33,34)35)37(43-26(24)28(36)39)19-8-6-5-7-9-19/h5-11,13-14,18,24-26H,12,15-16H2,1-4H3/t18-,24+,25+,26+/m0/s1. The van der Waals surface area contributed by atoms with Gasteiger partial charge in [0.05, 0.1) is 24.4 Å². The molecule has 232 valence electrons. The van der Waals surface area contributed by atoms with E-state index in [2.05, 4.69) is 25.5 Å². The number of hydrogen-bond donors (Lipinski definition) is 0. The maximum absolute atomic E-state index is 14.3. The van der Waals surface area contributed by atoms with Gasteiger partial charge in [-0.15, -0.1) is 24.5 Å². The van der Waals surface area contributed by atoms with Crippen molar-refractivity contribution in [3.8, 4) is 5.75 Å². The molecule has 0 spiro atoms. The zero-order chi connectivity index (χ0) is 31.6. The van der Waals surface area contributed by atoms with Gasteiger partial charge >= 0.3 is 12.3 Å². The van der Waals surface area contributed by atoms with Gasteiger partial charge in [-0.1, -0.05) is 51.1 Å². The van der Waals surface area contributed by atoms with E-state index < -0.39 is 48.0 Å². The molecule has 2 amide bonds. The molecule has 2 aromatic carbocycles. The Bertz CT molecular complexity index is 1600. The van der Waals surface area contributed by atoms with Crippen molar-refractivity contribution in [1.29, 1.82) is 0 Å². The number of esters is 1. The molecule has 0 saturated carbocycles. The number of thiophene rings is 1. The van der Waals surface area contributed by atoms with Crippen LogP contribution < -0.4 is 14.7 Å². The second-order valence-electron chi connectivity index (χ2n) is 12.3. The van der Waals surface area contributed by atoms with Crippen LogP contribution in [0.5, 0.6) is 5.75 Å². The first-order valence-electron chi connectivity index (χ1n) is 14.3. The molecule has 0 radical (unpaired) electrons. The number of rotatable bonds is 5. The smallest absolute Gasteiger partial charge is 0.465 e. The number of carbonyl (C=O) groups is 3. The SMILES string of the molecule is COC(=O)c1c(N2C(=O)[C@@H]3[C@@H](c4ccc(OC(F)(F)F)cc4)N(c4ccccc4)O[C@H]3C2=O)sc2c1CC[C@H](C(C)(C)C)C2. The van der Waals surface area contributed by atoms with Crippen molar-refractivity contribution in [2.45, 2.75) is 58.5 Å². The second-order valence-corrected chi connectivity index (χ2v) is 13.4. The van der Waals surface area contributed by atoms with Gasteiger partial charge in [0, 0.05) is 4.88 Å². The quantitative estimate of drug-likeness (QED) is 0.232. The third-order valence-corrected chi connectivity index (χ3v) is 9.88. The molecule has 2 fully saturated rings. The number of hydroxylamine groups is 1. The minimum absolute atomic E-state index is 0.0340. The fourth-order valence-corrected chi connectivity index (χ4v) is 7.82. The summed E-state index contributed by atoms with van der Waals surface area (Å²) in [5, 5.41) is 1.68. The van der Waals surface area contributed by atoms with Gasteiger partial charge in [-0.05, 0) is 66.0 Å². The molecular weight excluding hydrogens is 597 g/mol. The average Bonchev–Trinajstić information content (AvgIpc) is 3.62. The molecule has 6 rings (SSSR count). The molecule has 0 bridgehead atoms. The predicted molar refractivity (Wildman–Crippen MR) is 156 cm³/mol. The highest BCUT2D eigenvalue weighted by molar-refractivity contribution is 7.17. The minimum atomic E-state index is -4.86. The van der Waals surface area contributed by atoms with Crippen molar-refractivity contribution in [3.05, 3.63) is 76.2 Å². The number of benzene rings is 2. The molecule has 4 atom stereocenters. The number of amides is 2. The minimum Gasteiger partial charge on any atom is -0.465 e. The molecule has 3 aliphatic rings. The molecule has 2 saturated heterocycles. The lowest BCUT2D eigenvalue weighted by molar-refractivity contribution is -0.274. The molecule has 1 aliphatic carbocycles. The Hall–Kier alpha value is -3.90. The third-order valence-electron chi connectivity index (χ3n) is 8.65. The number of anilines is 2. The van der Waals surface area contributed by atoms with Gasteiger partial charge in [0.2, 0.25) is 5.91 Å². The van der Waals surface area contributed by atoms with Crippen LogP contribution in [-0.4, -0.2) is 37.4 Å². The van der Waals surface area contributed by atoms with Gasteiger partial charge in [0.15, 0.2) is 6.10 Å². The van der Waals surface area contributed by atoms with Crippen molar-refractivity contribution in [2.24, 2.45) is 17.3 Å². The summed E-state index contributed by atoms with van der Waals surface area (Å²) in [6, 6.07) is 13.1. The van der Waals surface area contributed by atoms with E-state index in [4.69, 9.17) is 9.57 Å². The van der Waals surface area contributed by atoms with E-state index in [1.54, 1.807) is 30.3 Å². The summed E-state index contributed by atoms with van der Waals surface area (Å²) in [5.74, 6) is -2.89. The van der Waals surface area contributed by atoms with Crippen molar-refractivity contribution in [2.75, 3.05) is 17.1 Å². The zero-order valence-electron chi connectivity index (χ0n) is 24.5. The first-order chi connectivity index (χ1) is 20.8. The number of carbonyl (C=O) groups excluding carboxylic acids is 3. The number of imide groups is 1. The average molecular weight is 629 g/mol. The number of methoxy groups -OCH3 is 1. The molecule has 3 aromatic rings. The molecule has 12 heteroatoms. The summed E-state index contributed by atoms with van der Waals surface area (Å²) in [6.45, 7) is 6.51. The van der Waals surface area contributed by atoms with E-state index in [-0.39, 0.29) is 16.0 Å². The van der Waals surface area contributed by atoms with Crippen molar-refractivity contribution in [1.82, 2.24) is 0 Å². The summed E-state index contributed by atoms with van der Waals surface area (Å²) in [6.07, 6.45) is -3.89. The number of halogens is 3. The Morgan fingerprint density at radius 2 is 1.68 bits per heavy atom. The Morgan fingerprint density at radius 1 is 1.00 bits per heavy atom. The number of hydrogen-bond acceptors (Lipinski definition) is 8. The van der Waals surface area contributed by atoms with E-state index in [0.29, 0.717) is 30.0 Å². The molecule has 1 aromatic heterocycles. The van der Waals surface area contributed by atoms with Crippen LogP contribution in [0.15, 0.2) is 54.6 Å². The topological polar surface area (TPSA) is 85.4 Å². The van der Waals surface area contributed by atoms with Gasteiger partial charge in [0.1, 0.15) is 16.7 Å². The third kappa shape index (κ3) is 5.23. The van der Waals surface area contributed by atoms with Gasteiger partial charge < -0.3 is 9.47 Å². The lowest BCUT2D eigenvalue weighted by Gasteiger charge is -2.33. The highest BCUT2D eigenvalue weighted by atomic mass is 32.1. The zero-order valence-corrected chi connectivity index (χ0v) is 25.3. The van der Waals surface area contributed by atoms with Gasteiger partial charge in [-0.25, -0.2) is 14.8 Å². The van der Waals surface area contributed by atoms with Gasteiger partial charge in [0.25, 0.3) is 5.91 Å². The summed E-state index contributed by atoms with van der Waals surface area (Å²) in [7, 11) is 1.27. The summed E-state index contributed by atoms with van der Waals surface area (Å²) in [4.78, 5) is 49.6. The van der Waals surface area contributed by atoms with E-state index in [1.165, 1.54) is 35.6 Å². The van der Waals surface area contributed by atoms with Crippen LogP contribution in [0.4, 0.5) is 23.9 Å². The number of nitrogens with zero attached hydrogens (tertiary/aromatic N) is 2. The molecule has 3 heterocycles. The Balaban J connectivity index is 1.40. The van der Waals surface area contributed by atoms with E-state index in [9.17, 15) is 27.6 Å². The second kappa shape index (κ2) is 10.9. The number of alkyl halides is 3. The molecule has 44 heavy (non-hydrogen) atoms. The summed E-state index contributed by atoms with van der Waals surface area (Å²) in [5.41, 5.74) is 2.08. The van der Waals surface area contributed by atoms with Gasteiger partial charge in [-0.3, -0.25) is 14.4 Å². The van der Waals surface area contributed by atoms with Crippen LogP contribution in [0.3, 0.4) is 0 Å². The summed E-state index contributed by atoms with van der Waals surface area (Å²) >= 11 is 1.26. The number of para-hydroxylation sites is 1. The van der Waals surface area contributed by atoms with Crippen molar-refractivity contribution >= 4 is 39.8 Å². The first-order valence-corrected chi connectivity index (χ1v) is 15.1. The normalized spacial score (nSPS) is 23.5. The summed E-state index contributed by atoms with van der Waals surface area (Å²) < 4.78 is 47.6. The predicted octanol–water partition coefficient (Wildman–Crippen LogP) is 6.64.